The van der Waals surface area contributed by atoms with Gasteiger partial charge in [0.05, 0.1) is 12.2 Å². The van der Waals surface area contributed by atoms with E-state index in [2.05, 4.69) is 0 Å². The highest BCUT2D eigenvalue weighted by molar-refractivity contribution is 5.94. The molecule has 3 N–H and O–H groups in total. The molecule has 1 aromatic rings. The first-order valence-electron chi connectivity index (χ1n) is 3.72. The lowest BCUT2D eigenvalue weighted by Gasteiger charge is -1.95. The van der Waals surface area contributed by atoms with Gasteiger partial charge in [0.1, 0.15) is 0 Å². The van der Waals surface area contributed by atoms with Gasteiger partial charge in [-0.2, -0.15) is 0 Å². The van der Waals surface area contributed by atoms with Crippen molar-refractivity contribution in [3.63, 3.8) is 0 Å². The van der Waals surface area contributed by atoms with E-state index in [-0.39, 0.29) is 6.61 Å². The number of carbonyl (C=O) groups is 1. The van der Waals surface area contributed by atoms with Crippen molar-refractivity contribution in [1.82, 2.24) is 4.57 Å². The smallest absolute Gasteiger partial charge is 0.250 e. The van der Waals surface area contributed by atoms with Crippen LogP contribution in [-0.4, -0.2) is 22.2 Å². The van der Waals surface area contributed by atoms with Gasteiger partial charge in [-0.15, -0.1) is 0 Å². The lowest BCUT2D eigenvalue weighted by atomic mass is 10.2. The van der Waals surface area contributed by atoms with Crippen molar-refractivity contribution in [3.05, 3.63) is 23.5 Å². The van der Waals surface area contributed by atoms with Crippen molar-refractivity contribution < 1.29 is 9.90 Å². The Morgan fingerprint density at radius 2 is 2.33 bits per heavy atom. The number of carbonyl (C=O) groups excluding carboxylic acids is 1. The molecule has 1 aromatic heterocycles. The van der Waals surface area contributed by atoms with E-state index in [0.29, 0.717) is 12.1 Å². The van der Waals surface area contributed by atoms with Crippen molar-refractivity contribution >= 4 is 5.91 Å². The molecule has 4 heteroatoms. The number of nitrogens with two attached hydrogens (primary N) is 1. The van der Waals surface area contributed by atoms with Crippen LogP contribution in [0.4, 0.5) is 0 Å². The summed E-state index contributed by atoms with van der Waals surface area (Å²) < 4.78 is 1.75. The molecule has 0 saturated heterocycles. The Hall–Kier alpha value is -1.29. The molecule has 0 aliphatic heterocycles. The molecular formula is C8H12N2O2. The molecule has 0 bridgehead atoms. The van der Waals surface area contributed by atoms with Crippen molar-refractivity contribution in [2.45, 2.75) is 13.5 Å². The minimum Gasteiger partial charge on any atom is -0.395 e. The van der Waals surface area contributed by atoms with Gasteiger partial charge in [0, 0.05) is 18.9 Å². The normalized spacial score (nSPS) is 10.2. The minimum atomic E-state index is -0.427. The van der Waals surface area contributed by atoms with E-state index < -0.39 is 5.91 Å². The summed E-state index contributed by atoms with van der Waals surface area (Å²) in [6.45, 7) is 2.37. The van der Waals surface area contributed by atoms with E-state index in [0.717, 1.165) is 5.56 Å². The minimum absolute atomic E-state index is 0.0618. The average Bonchev–Trinajstić information content (AvgIpc) is 2.32. The first-order valence-corrected chi connectivity index (χ1v) is 3.72. The zero-order valence-electron chi connectivity index (χ0n) is 6.95. The van der Waals surface area contributed by atoms with E-state index >= 15 is 0 Å². The summed E-state index contributed by atoms with van der Waals surface area (Å²) >= 11 is 0. The van der Waals surface area contributed by atoms with Crippen LogP contribution in [0.3, 0.4) is 0 Å². The second-order valence-electron chi connectivity index (χ2n) is 2.68. The summed E-state index contributed by atoms with van der Waals surface area (Å²) in [7, 11) is 0. The number of aromatic nitrogens is 1. The highest BCUT2D eigenvalue weighted by Gasteiger charge is 2.06. The lowest BCUT2D eigenvalue weighted by Crippen LogP contribution is -2.11. The van der Waals surface area contributed by atoms with Gasteiger partial charge < -0.3 is 15.4 Å². The van der Waals surface area contributed by atoms with Crippen LogP contribution in [0.2, 0.25) is 0 Å². The Bertz CT molecular complexity index is 291. The second-order valence-corrected chi connectivity index (χ2v) is 2.68. The van der Waals surface area contributed by atoms with Gasteiger partial charge in [-0.3, -0.25) is 4.79 Å². The highest BCUT2D eigenvalue weighted by atomic mass is 16.3. The van der Waals surface area contributed by atoms with Crippen molar-refractivity contribution in [1.29, 1.82) is 0 Å². The number of aryl methyl sites for hydroxylation is 1. The molecule has 0 aromatic carbocycles. The summed E-state index contributed by atoms with van der Waals surface area (Å²) in [6.07, 6.45) is 3.43. The third-order valence-electron chi connectivity index (χ3n) is 1.70. The second kappa shape index (κ2) is 3.40. The molecule has 12 heavy (non-hydrogen) atoms. The fourth-order valence-electron chi connectivity index (χ4n) is 1.13. The molecule has 0 aliphatic rings. The van der Waals surface area contributed by atoms with Crippen LogP contribution in [0, 0.1) is 6.92 Å². The monoisotopic (exact) mass is 168 g/mol. The molecule has 4 nitrogen and oxygen atoms in total. The van der Waals surface area contributed by atoms with E-state index in [9.17, 15) is 4.79 Å². The number of nitrogens with zero attached hydrogens (tertiary/aromatic N) is 1. The Morgan fingerprint density at radius 3 is 2.75 bits per heavy atom. The molecule has 0 aliphatic carbocycles. The van der Waals surface area contributed by atoms with E-state index in [1.54, 1.807) is 17.0 Å². The van der Waals surface area contributed by atoms with Crippen LogP contribution < -0.4 is 5.73 Å². The predicted molar refractivity (Wildman–Crippen MR) is 44.8 cm³/mol. The van der Waals surface area contributed by atoms with Gasteiger partial charge in [-0.25, -0.2) is 0 Å². The molecule has 1 amide bonds. The first kappa shape index (κ1) is 8.80. The van der Waals surface area contributed by atoms with Crippen molar-refractivity contribution in [2.24, 2.45) is 5.73 Å². The number of aliphatic hydroxyl groups excluding tert-OH is 1. The summed E-state index contributed by atoms with van der Waals surface area (Å²) in [5.74, 6) is -0.427. The summed E-state index contributed by atoms with van der Waals surface area (Å²) in [5.41, 5.74) is 6.47. The van der Waals surface area contributed by atoms with Crippen LogP contribution >= 0.6 is 0 Å². The van der Waals surface area contributed by atoms with Crippen molar-refractivity contribution in [3.8, 4) is 0 Å². The molecule has 0 unspecified atom stereocenters. The van der Waals surface area contributed by atoms with Crippen LogP contribution in [0.25, 0.3) is 0 Å². The molecule has 0 atom stereocenters. The molecular weight excluding hydrogens is 156 g/mol. The van der Waals surface area contributed by atoms with Gasteiger partial charge in [0.25, 0.3) is 5.91 Å². The van der Waals surface area contributed by atoms with Crippen LogP contribution in [0.5, 0.6) is 0 Å². The van der Waals surface area contributed by atoms with E-state index in [1.165, 1.54) is 0 Å². The summed E-state index contributed by atoms with van der Waals surface area (Å²) in [5, 5.41) is 8.62. The zero-order valence-corrected chi connectivity index (χ0v) is 6.95. The van der Waals surface area contributed by atoms with Gasteiger partial charge >= 0.3 is 0 Å². The number of amides is 1. The number of primary amides is 1. The Balaban J connectivity index is 2.92. The molecule has 0 spiro atoms. The van der Waals surface area contributed by atoms with Crippen molar-refractivity contribution in [2.75, 3.05) is 6.61 Å². The fraction of sp³-hybridized carbons (Fsp3) is 0.375. The van der Waals surface area contributed by atoms with Gasteiger partial charge in [0.15, 0.2) is 0 Å². The Kier molecular flexibility index (Phi) is 2.50. The maximum Gasteiger partial charge on any atom is 0.250 e. The molecule has 1 heterocycles. The van der Waals surface area contributed by atoms with Crippen LogP contribution in [0.1, 0.15) is 15.9 Å². The van der Waals surface area contributed by atoms with Gasteiger partial charge in [-0.1, -0.05) is 0 Å². The zero-order chi connectivity index (χ0) is 9.14. The Labute approximate surface area is 70.6 Å². The van der Waals surface area contributed by atoms with Crippen LogP contribution in [-0.2, 0) is 6.54 Å². The first-order chi connectivity index (χ1) is 5.65. The highest BCUT2D eigenvalue weighted by Crippen LogP contribution is 2.07. The molecule has 0 saturated carbocycles. The molecule has 0 radical (unpaired) electrons. The van der Waals surface area contributed by atoms with Gasteiger partial charge in [0.2, 0.25) is 0 Å². The Morgan fingerprint density at radius 1 is 1.67 bits per heavy atom. The van der Waals surface area contributed by atoms with E-state index in [4.69, 9.17) is 10.8 Å². The quantitative estimate of drug-likeness (QED) is 0.661. The summed E-state index contributed by atoms with van der Waals surface area (Å²) in [4.78, 5) is 10.8. The molecule has 1 rings (SSSR count). The lowest BCUT2D eigenvalue weighted by molar-refractivity contribution is 0.0999. The van der Waals surface area contributed by atoms with Gasteiger partial charge in [-0.05, 0) is 12.5 Å². The number of hydrogen-bond acceptors (Lipinski definition) is 2. The largest absolute Gasteiger partial charge is 0.395 e. The standard InChI is InChI=1S/C8H12N2O2/c1-6-4-10(2-3-11)5-7(6)8(9)12/h4-5,11H,2-3H2,1H3,(H2,9,12). The molecule has 66 valence electrons. The number of rotatable bonds is 3. The SMILES string of the molecule is Cc1cn(CCO)cc1C(N)=O. The number of aliphatic hydroxyl groups is 1. The van der Waals surface area contributed by atoms with Crippen LogP contribution in [0.15, 0.2) is 12.4 Å². The molecule has 0 fully saturated rings. The average molecular weight is 168 g/mol. The third kappa shape index (κ3) is 1.65. The fourth-order valence-corrected chi connectivity index (χ4v) is 1.13. The number of hydrogen-bond donors (Lipinski definition) is 2. The summed E-state index contributed by atoms with van der Waals surface area (Å²) in [6, 6.07) is 0. The topological polar surface area (TPSA) is 68.2 Å². The third-order valence-corrected chi connectivity index (χ3v) is 1.70. The van der Waals surface area contributed by atoms with E-state index in [1.807, 2.05) is 6.92 Å². The maximum atomic E-state index is 10.8. The maximum absolute atomic E-state index is 10.8. The predicted octanol–water partition coefficient (Wildman–Crippen LogP) is -0.112.